The lowest BCUT2D eigenvalue weighted by molar-refractivity contribution is 0.212. The molecular weight excluding hydrogens is 264 g/mol. The lowest BCUT2D eigenvalue weighted by Gasteiger charge is -2.34. The van der Waals surface area contributed by atoms with Gasteiger partial charge in [-0.1, -0.05) is 48.1 Å². The summed E-state index contributed by atoms with van der Waals surface area (Å²) in [5.74, 6) is 2.79. The fourth-order valence-electron chi connectivity index (χ4n) is 4.39. The van der Waals surface area contributed by atoms with Crippen LogP contribution in [0.2, 0.25) is 0 Å². The van der Waals surface area contributed by atoms with E-state index in [0.717, 1.165) is 17.8 Å². The zero-order valence-corrected chi connectivity index (χ0v) is 14.2. The molecule has 22 heavy (non-hydrogen) atoms. The number of hydrogen-bond donors (Lipinski definition) is 0. The van der Waals surface area contributed by atoms with Gasteiger partial charge in [0.15, 0.2) is 0 Å². The van der Waals surface area contributed by atoms with E-state index in [4.69, 9.17) is 0 Å². The van der Waals surface area contributed by atoms with Crippen molar-refractivity contribution < 1.29 is 1.43 Å². The van der Waals surface area contributed by atoms with Crippen molar-refractivity contribution in [1.29, 1.82) is 0 Å². The third-order valence-electron chi connectivity index (χ3n) is 5.82. The van der Waals surface area contributed by atoms with Crippen LogP contribution in [0.15, 0.2) is 42.5 Å². The van der Waals surface area contributed by atoms with Gasteiger partial charge in [-0.15, -0.1) is 0 Å². The van der Waals surface area contributed by atoms with Gasteiger partial charge in [-0.3, -0.25) is 0 Å². The molecule has 1 saturated carbocycles. The van der Waals surface area contributed by atoms with Gasteiger partial charge in [0, 0.05) is 1.43 Å². The summed E-state index contributed by atoms with van der Waals surface area (Å²) in [5, 5.41) is 0. The highest BCUT2D eigenvalue weighted by Crippen LogP contribution is 2.41. The molecule has 1 atom stereocenters. The molecule has 120 valence electrons. The maximum atomic E-state index is 2.54. The molecule has 2 aliphatic rings. The molecule has 0 amide bonds. The molecule has 1 aromatic rings. The van der Waals surface area contributed by atoms with Gasteiger partial charge in [0.2, 0.25) is 0 Å². The highest BCUT2D eigenvalue weighted by molar-refractivity contribution is 5.66. The molecule has 0 saturated heterocycles. The van der Waals surface area contributed by atoms with Gasteiger partial charge >= 0.3 is 0 Å². The molecule has 1 fully saturated rings. The number of aryl methyl sites for hydroxylation is 1. The van der Waals surface area contributed by atoms with Crippen LogP contribution in [0.1, 0.15) is 64.4 Å². The molecule has 0 bridgehead atoms. The molecule has 0 nitrogen and oxygen atoms in total. The van der Waals surface area contributed by atoms with E-state index in [1.807, 2.05) is 0 Å². The Morgan fingerprint density at radius 1 is 0.955 bits per heavy atom. The summed E-state index contributed by atoms with van der Waals surface area (Å²) in [6.45, 7) is 4.32. The van der Waals surface area contributed by atoms with Crippen LogP contribution in [0.3, 0.4) is 0 Å². The second-order valence-electron chi connectivity index (χ2n) is 7.33. The van der Waals surface area contributed by atoms with Gasteiger partial charge in [0.1, 0.15) is 0 Å². The summed E-state index contributed by atoms with van der Waals surface area (Å²) in [6, 6.07) is 9.07. The van der Waals surface area contributed by atoms with E-state index in [0.29, 0.717) is 0 Å². The first kappa shape index (κ1) is 15.6. The predicted molar refractivity (Wildman–Crippen MR) is 98.9 cm³/mol. The zero-order valence-electron chi connectivity index (χ0n) is 14.2. The van der Waals surface area contributed by atoms with E-state index in [2.05, 4.69) is 56.3 Å². The van der Waals surface area contributed by atoms with Crippen molar-refractivity contribution >= 4 is 5.57 Å². The third-order valence-corrected chi connectivity index (χ3v) is 5.82. The minimum absolute atomic E-state index is 0. The maximum absolute atomic E-state index is 2.54. The average Bonchev–Trinajstić information content (AvgIpc) is 2.57. The minimum atomic E-state index is 0. The predicted octanol–water partition coefficient (Wildman–Crippen LogP) is 6.81. The standard InChI is InChI=1S/C22H30.H2/c1-3-4-18-7-11-20(12-8-18)22-15-13-21(14-16-22)19-9-5-17(2)6-10-19;/h3-6,9-10,13,18,20,22H,7-8,11-12,14-16H2,1-2H3;1H/b4-3+;. The highest BCUT2D eigenvalue weighted by Gasteiger charge is 2.27. The number of rotatable bonds is 3. The second kappa shape index (κ2) is 7.31. The molecule has 1 unspecified atom stereocenters. The lowest BCUT2D eigenvalue weighted by Crippen LogP contribution is -2.22. The van der Waals surface area contributed by atoms with Crippen LogP contribution in [-0.2, 0) is 0 Å². The first-order chi connectivity index (χ1) is 10.8. The largest absolute Gasteiger partial charge is 0.0914 e. The van der Waals surface area contributed by atoms with E-state index >= 15 is 0 Å². The summed E-state index contributed by atoms with van der Waals surface area (Å²) in [7, 11) is 0. The van der Waals surface area contributed by atoms with Crippen LogP contribution in [0.4, 0.5) is 0 Å². The number of allylic oxidation sites excluding steroid dienone is 4. The minimum Gasteiger partial charge on any atom is -0.0914 e. The van der Waals surface area contributed by atoms with E-state index in [-0.39, 0.29) is 1.43 Å². The van der Waals surface area contributed by atoms with E-state index in [1.54, 1.807) is 5.57 Å². The quantitative estimate of drug-likeness (QED) is 0.538. The Morgan fingerprint density at radius 3 is 2.27 bits per heavy atom. The van der Waals surface area contributed by atoms with Crippen molar-refractivity contribution in [2.45, 2.75) is 58.8 Å². The van der Waals surface area contributed by atoms with E-state index < -0.39 is 0 Å². The lowest BCUT2D eigenvalue weighted by atomic mass is 9.71. The monoisotopic (exact) mass is 296 g/mol. The van der Waals surface area contributed by atoms with Crippen LogP contribution in [0.25, 0.3) is 5.57 Å². The van der Waals surface area contributed by atoms with Crippen molar-refractivity contribution in [3.63, 3.8) is 0 Å². The Labute approximate surface area is 137 Å². The first-order valence-corrected chi connectivity index (χ1v) is 9.15. The fraction of sp³-hybridized carbons (Fsp3) is 0.545. The van der Waals surface area contributed by atoms with E-state index in [1.165, 1.54) is 56.1 Å². The summed E-state index contributed by atoms with van der Waals surface area (Å²) in [5.41, 5.74) is 4.38. The molecule has 3 rings (SSSR count). The van der Waals surface area contributed by atoms with Gasteiger partial charge in [0.05, 0.1) is 0 Å². The number of hydrogen-bond acceptors (Lipinski definition) is 0. The maximum Gasteiger partial charge on any atom is 0 e. The number of benzene rings is 1. The molecule has 0 heterocycles. The molecule has 0 aromatic heterocycles. The van der Waals surface area contributed by atoms with Gasteiger partial charge in [-0.2, -0.15) is 0 Å². The molecule has 0 spiro atoms. The van der Waals surface area contributed by atoms with Gasteiger partial charge < -0.3 is 0 Å². The topological polar surface area (TPSA) is 0 Å². The fourth-order valence-corrected chi connectivity index (χ4v) is 4.39. The van der Waals surface area contributed by atoms with Crippen LogP contribution in [0, 0.1) is 24.7 Å². The Bertz CT molecular complexity index is 530. The molecular formula is C22H32. The molecule has 0 radical (unpaired) electrons. The van der Waals surface area contributed by atoms with Gasteiger partial charge in [-0.05, 0) is 87.7 Å². The molecule has 0 aliphatic heterocycles. The molecule has 0 heteroatoms. The summed E-state index contributed by atoms with van der Waals surface area (Å²) in [4.78, 5) is 0. The molecule has 1 aromatic carbocycles. The van der Waals surface area contributed by atoms with Crippen molar-refractivity contribution in [3.8, 4) is 0 Å². The van der Waals surface area contributed by atoms with E-state index in [9.17, 15) is 0 Å². The molecule has 2 aliphatic carbocycles. The average molecular weight is 296 g/mol. The van der Waals surface area contributed by atoms with Crippen LogP contribution in [-0.4, -0.2) is 0 Å². The van der Waals surface area contributed by atoms with Gasteiger partial charge in [-0.25, -0.2) is 0 Å². The Balaban J connectivity index is 0.00000192. The van der Waals surface area contributed by atoms with Crippen LogP contribution < -0.4 is 0 Å². The second-order valence-corrected chi connectivity index (χ2v) is 7.33. The Morgan fingerprint density at radius 2 is 1.68 bits per heavy atom. The van der Waals surface area contributed by atoms with Crippen LogP contribution in [0.5, 0.6) is 0 Å². The zero-order chi connectivity index (χ0) is 15.4. The third kappa shape index (κ3) is 3.72. The first-order valence-electron chi connectivity index (χ1n) is 9.15. The summed E-state index contributed by atoms with van der Waals surface area (Å²) < 4.78 is 0. The van der Waals surface area contributed by atoms with Crippen molar-refractivity contribution in [1.82, 2.24) is 0 Å². The molecule has 0 N–H and O–H groups in total. The summed E-state index contributed by atoms with van der Waals surface area (Å²) in [6.07, 6.45) is 16.9. The normalized spacial score (nSPS) is 29.5. The van der Waals surface area contributed by atoms with Crippen molar-refractivity contribution in [2.75, 3.05) is 0 Å². The van der Waals surface area contributed by atoms with Crippen molar-refractivity contribution in [2.24, 2.45) is 17.8 Å². The Kier molecular flexibility index (Phi) is 5.18. The van der Waals surface area contributed by atoms with Gasteiger partial charge in [0.25, 0.3) is 0 Å². The van der Waals surface area contributed by atoms with Crippen molar-refractivity contribution in [3.05, 3.63) is 53.6 Å². The van der Waals surface area contributed by atoms with Crippen LogP contribution >= 0.6 is 0 Å². The highest BCUT2D eigenvalue weighted by atomic mass is 14.3. The Hall–Kier alpha value is -1.30. The summed E-state index contributed by atoms with van der Waals surface area (Å²) >= 11 is 0. The smallest absolute Gasteiger partial charge is 0 e. The SMILES string of the molecule is C/C=C/C1CCC(C2CC=C(c3ccc(C)cc3)CC2)CC1.[HH].